The Morgan fingerprint density at radius 3 is 2.45 bits per heavy atom. The van der Waals surface area contributed by atoms with Gasteiger partial charge in [-0.15, -0.1) is 0 Å². The van der Waals surface area contributed by atoms with Crippen molar-refractivity contribution in [1.29, 1.82) is 0 Å². The predicted molar refractivity (Wildman–Crippen MR) is 122 cm³/mol. The molecule has 1 aromatic heterocycles. The van der Waals surface area contributed by atoms with Crippen molar-refractivity contribution in [2.75, 3.05) is 27.9 Å². The molecule has 0 radical (unpaired) electrons. The van der Waals surface area contributed by atoms with Crippen LogP contribution in [0.5, 0.6) is 23.0 Å². The monoisotopic (exact) mass is 453 g/mol. The zero-order chi connectivity index (χ0) is 23.5. The fourth-order valence-electron chi connectivity index (χ4n) is 4.36. The smallest absolute Gasteiger partial charge is 0.267 e. The Hall–Kier alpha value is -3.88. The minimum absolute atomic E-state index is 0.0649. The van der Waals surface area contributed by atoms with E-state index in [-0.39, 0.29) is 12.0 Å². The zero-order valence-electron chi connectivity index (χ0n) is 18.8. The van der Waals surface area contributed by atoms with E-state index < -0.39 is 11.8 Å². The highest BCUT2D eigenvalue weighted by atomic mass is 16.5. The van der Waals surface area contributed by atoms with Gasteiger partial charge in [-0.1, -0.05) is 12.1 Å². The number of carbonyl (C=O) groups is 1. The summed E-state index contributed by atoms with van der Waals surface area (Å²) < 4.78 is 21.9. The van der Waals surface area contributed by atoms with E-state index in [1.54, 1.807) is 12.1 Å². The summed E-state index contributed by atoms with van der Waals surface area (Å²) in [6, 6.07) is 9.47. The van der Waals surface area contributed by atoms with E-state index in [4.69, 9.17) is 24.7 Å². The van der Waals surface area contributed by atoms with Crippen molar-refractivity contribution in [2.24, 2.45) is 5.73 Å². The third-order valence-corrected chi connectivity index (χ3v) is 5.87. The Morgan fingerprint density at radius 1 is 1.09 bits per heavy atom. The number of carbonyl (C=O) groups excluding carboxylic acids is 1. The van der Waals surface area contributed by atoms with E-state index in [0.29, 0.717) is 47.1 Å². The number of nitrogens with two attached hydrogens (primary N) is 1. The molecular formula is C24H27N3O6. The number of hydrogen-bond acceptors (Lipinski definition) is 6. The molecule has 1 atom stereocenters. The minimum Gasteiger partial charge on any atom is -0.493 e. The second kappa shape index (κ2) is 9.32. The van der Waals surface area contributed by atoms with Crippen LogP contribution in [0.1, 0.15) is 40.3 Å². The predicted octanol–water partition coefficient (Wildman–Crippen LogP) is 2.26. The highest BCUT2D eigenvalue weighted by Gasteiger charge is 2.27. The number of aromatic nitrogens is 2. The van der Waals surface area contributed by atoms with Crippen molar-refractivity contribution in [3.05, 3.63) is 68.6 Å². The lowest BCUT2D eigenvalue weighted by Gasteiger charge is -2.20. The zero-order valence-corrected chi connectivity index (χ0v) is 18.8. The molecule has 2 heterocycles. The lowest BCUT2D eigenvalue weighted by Crippen LogP contribution is -2.21. The summed E-state index contributed by atoms with van der Waals surface area (Å²) in [4.78, 5) is 24.9. The second-order valence-corrected chi connectivity index (χ2v) is 7.87. The quantitative estimate of drug-likeness (QED) is 0.456. The number of rotatable bonds is 9. The first-order valence-corrected chi connectivity index (χ1v) is 10.6. The first kappa shape index (κ1) is 22.3. The molecule has 3 aromatic rings. The molecule has 1 unspecified atom stereocenters. The molecule has 33 heavy (non-hydrogen) atoms. The van der Waals surface area contributed by atoms with Crippen LogP contribution in [0.4, 0.5) is 0 Å². The molecule has 9 heteroatoms. The molecule has 0 aliphatic carbocycles. The van der Waals surface area contributed by atoms with Crippen molar-refractivity contribution >= 4 is 5.91 Å². The Balaban J connectivity index is 1.79. The lowest BCUT2D eigenvalue weighted by molar-refractivity contribution is -0.118. The molecule has 1 aliphatic heterocycles. The van der Waals surface area contributed by atoms with Crippen molar-refractivity contribution < 1.29 is 23.7 Å². The van der Waals surface area contributed by atoms with Gasteiger partial charge in [-0.2, -0.15) is 0 Å². The maximum Gasteiger partial charge on any atom is 0.267 e. The Morgan fingerprint density at radius 2 is 1.82 bits per heavy atom. The number of aromatic amines is 2. The fraction of sp³-hybridized carbons (Fsp3) is 0.333. The number of methoxy groups -OCH3 is 3. The van der Waals surface area contributed by atoms with Gasteiger partial charge in [0.2, 0.25) is 11.7 Å². The summed E-state index contributed by atoms with van der Waals surface area (Å²) in [6.07, 6.45) is 1.26. The van der Waals surface area contributed by atoms with Gasteiger partial charge in [0.05, 0.1) is 27.9 Å². The van der Waals surface area contributed by atoms with Crippen LogP contribution in [0.15, 0.2) is 35.1 Å². The summed E-state index contributed by atoms with van der Waals surface area (Å²) in [5.74, 6) is 1.02. The van der Waals surface area contributed by atoms with E-state index in [1.807, 2.05) is 12.1 Å². The molecule has 0 saturated heterocycles. The number of amides is 1. The standard InChI is InChI=1S/C24H27N3O6/c1-30-19-10-15(11-20(31-2)23(19)32-3)16(12-21(25)28)22-17(26-27-24(22)29)9-13-4-5-18-14(8-13)6-7-33-18/h4-5,8,10-11,16H,6-7,9,12H2,1-3H3,(H2,25,28)(H2,26,27,29). The number of hydrogen-bond donors (Lipinski definition) is 3. The molecular weight excluding hydrogens is 426 g/mol. The maximum absolute atomic E-state index is 12.9. The molecule has 1 aliphatic rings. The summed E-state index contributed by atoms with van der Waals surface area (Å²) in [5.41, 5.74) is 9.22. The lowest BCUT2D eigenvalue weighted by atomic mass is 9.86. The number of benzene rings is 2. The third-order valence-electron chi connectivity index (χ3n) is 5.87. The van der Waals surface area contributed by atoms with Gasteiger partial charge in [0.1, 0.15) is 5.75 Å². The van der Waals surface area contributed by atoms with E-state index in [2.05, 4.69) is 16.3 Å². The molecule has 0 saturated carbocycles. The van der Waals surface area contributed by atoms with Crippen LogP contribution < -0.4 is 30.2 Å². The maximum atomic E-state index is 12.9. The van der Waals surface area contributed by atoms with Crippen LogP contribution >= 0.6 is 0 Å². The molecule has 0 spiro atoms. The molecule has 174 valence electrons. The fourth-order valence-corrected chi connectivity index (χ4v) is 4.36. The molecule has 4 rings (SSSR count). The average molecular weight is 453 g/mol. The van der Waals surface area contributed by atoms with E-state index >= 15 is 0 Å². The van der Waals surface area contributed by atoms with Crippen LogP contribution in [0.3, 0.4) is 0 Å². The first-order valence-electron chi connectivity index (χ1n) is 10.6. The number of H-pyrrole nitrogens is 2. The Bertz CT molecular complexity index is 1200. The van der Waals surface area contributed by atoms with Crippen LogP contribution in [-0.4, -0.2) is 44.0 Å². The third kappa shape index (κ3) is 4.39. The number of primary amides is 1. The van der Waals surface area contributed by atoms with Gasteiger partial charge in [0.15, 0.2) is 11.5 Å². The summed E-state index contributed by atoms with van der Waals surface area (Å²) in [7, 11) is 4.53. The first-order chi connectivity index (χ1) is 15.9. The molecule has 1 amide bonds. The van der Waals surface area contributed by atoms with Gasteiger partial charge < -0.3 is 29.8 Å². The van der Waals surface area contributed by atoms with Crippen LogP contribution in [0.25, 0.3) is 0 Å². The van der Waals surface area contributed by atoms with E-state index in [9.17, 15) is 9.59 Å². The van der Waals surface area contributed by atoms with E-state index in [0.717, 1.165) is 23.3 Å². The SMILES string of the molecule is COc1cc(C(CC(N)=O)c2c(Cc3ccc4c(c3)CCO4)[nH][nH]c2=O)cc(OC)c1OC. The second-order valence-electron chi connectivity index (χ2n) is 7.87. The van der Waals surface area contributed by atoms with Gasteiger partial charge in [0, 0.05) is 36.4 Å². The van der Waals surface area contributed by atoms with Crippen LogP contribution in [-0.2, 0) is 17.6 Å². The van der Waals surface area contributed by atoms with Crippen LogP contribution in [0.2, 0.25) is 0 Å². The molecule has 9 nitrogen and oxygen atoms in total. The topological polar surface area (TPSA) is 129 Å². The number of fused-ring (bicyclic) bond motifs is 1. The number of nitrogens with one attached hydrogen (secondary N) is 2. The molecule has 0 fully saturated rings. The van der Waals surface area contributed by atoms with E-state index in [1.165, 1.54) is 21.3 Å². The van der Waals surface area contributed by atoms with Gasteiger partial charge in [-0.3, -0.25) is 14.7 Å². The van der Waals surface area contributed by atoms with Crippen molar-refractivity contribution in [1.82, 2.24) is 10.2 Å². The van der Waals surface area contributed by atoms with Crippen molar-refractivity contribution in [3.63, 3.8) is 0 Å². The number of ether oxygens (including phenoxy) is 4. The summed E-state index contributed by atoms with van der Waals surface area (Å²) in [6.45, 7) is 0.673. The summed E-state index contributed by atoms with van der Waals surface area (Å²) >= 11 is 0. The Kier molecular flexibility index (Phi) is 6.30. The highest BCUT2D eigenvalue weighted by molar-refractivity contribution is 5.76. The highest BCUT2D eigenvalue weighted by Crippen LogP contribution is 2.42. The minimum atomic E-state index is -0.612. The molecule has 0 bridgehead atoms. The van der Waals surface area contributed by atoms with Gasteiger partial charge in [-0.25, -0.2) is 0 Å². The Labute approximate surface area is 190 Å². The van der Waals surface area contributed by atoms with Crippen LogP contribution in [0, 0.1) is 0 Å². The largest absolute Gasteiger partial charge is 0.493 e. The average Bonchev–Trinajstić information content (AvgIpc) is 3.42. The van der Waals surface area contributed by atoms with Crippen molar-refractivity contribution in [2.45, 2.75) is 25.2 Å². The van der Waals surface area contributed by atoms with Gasteiger partial charge >= 0.3 is 0 Å². The van der Waals surface area contributed by atoms with Gasteiger partial charge in [0.25, 0.3) is 5.56 Å². The molecule has 4 N–H and O–H groups in total. The molecule has 2 aromatic carbocycles. The normalized spacial score (nSPS) is 13.2. The van der Waals surface area contributed by atoms with Crippen molar-refractivity contribution in [3.8, 4) is 23.0 Å². The summed E-state index contributed by atoms with van der Waals surface area (Å²) in [5, 5.41) is 5.65. The van der Waals surface area contributed by atoms with Gasteiger partial charge in [-0.05, 0) is 34.9 Å².